The van der Waals surface area contributed by atoms with Crippen LogP contribution in [0.25, 0.3) is 11.1 Å². The minimum absolute atomic E-state index is 0.00355. The smallest absolute Gasteiger partial charge is 0.407 e. The average molecular weight is 463 g/mol. The molecule has 1 saturated carbocycles. The molecule has 2 fully saturated rings. The summed E-state index contributed by atoms with van der Waals surface area (Å²) in [6.45, 7) is 4.93. The molecule has 2 aliphatic carbocycles. The third-order valence-electron chi connectivity index (χ3n) is 7.99. The molecule has 4 atom stereocenters. The molecule has 0 spiro atoms. The minimum atomic E-state index is -0.903. The molecule has 5 rings (SSSR count). The molecular weight excluding hydrogens is 432 g/mol. The number of hydrogen-bond acceptors (Lipinski definition) is 4. The summed E-state index contributed by atoms with van der Waals surface area (Å²) in [5, 5.41) is 12.3. The van der Waals surface area contributed by atoms with E-state index in [1.807, 2.05) is 31.2 Å². The fourth-order valence-electron chi connectivity index (χ4n) is 5.47. The van der Waals surface area contributed by atoms with Gasteiger partial charge in [-0.25, -0.2) is 4.79 Å². The summed E-state index contributed by atoms with van der Waals surface area (Å²) in [6, 6.07) is 16.4. The maximum absolute atomic E-state index is 12.8. The first-order valence-corrected chi connectivity index (χ1v) is 11.9. The van der Waals surface area contributed by atoms with Gasteiger partial charge < -0.3 is 20.1 Å². The largest absolute Gasteiger partial charge is 0.481 e. The number of hydrogen-bond donors (Lipinski definition) is 2. The standard InChI is InChI=1S/C27H30N2O5/c1-16-13-29(15-27(16,2)25(31)32)24(30)22-11-17(22)12-28-26(33)34-14-23-20-9-5-3-7-18(20)19-8-4-6-10-21(19)23/h3-10,16-17,22-23H,11-15H2,1-2H3,(H,28,33)(H,31,32)/t16-,17-,22-,27-/m1/s1. The topological polar surface area (TPSA) is 95.9 Å². The number of carbonyl (C=O) groups is 3. The number of amides is 2. The Bertz CT molecular complexity index is 1100. The van der Waals surface area contributed by atoms with Gasteiger partial charge in [0.2, 0.25) is 5.91 Å². The van der Waals surface area contributed by atoms with Crippen LogP contribution in [0.15, 0.2) is 48.5 Å². The van der Waals surface area contributed by atoms with Gasteiger partial charge in [0.05, 0.1) is 5.41 Å². The van der Waals surface area contributed by atoms with E-state index < -0.39 is 17.5 Å². The number of aliphatic carboxylic acids is 1. The zero-order valence-electron chi connectivity index (χ0n) is 19.5. The van der Waals surface area contributed by atoms with Crippen molar-refractivity contribution in [2.24, 2.45) is 23.2 Å². The lowest BCUT2D eigenvalue weighted by atomic mass is 9.81. The van der Waals surface area contributed by atoms with Crippen LogP contribution in [0.2, 0.25) is 0 Å². The van der Waals surface area contributed by atoms with E-state index in [0.29, 0.717) is 19.5 Å². The molecule has 3 aliphatic rings. The molecule has 2 aromatic carbocycles. The van der Waals surface area contributed by atoms with Crippen LogP contribution in [0, 0.1) is 23.2 Å². The highest BCUT2D eigenvalue weighted by Crippen LogP contribution is 2.45. The van der Waals surface area contributed by atoms with Crippen LogP contribution in [0.1, 0.15) is 37.3 Å². The second kappa shape index (κ2) is 8.46. The van der Waals surface area contributed by atoms with Crippen LogP contribution < -0.4 is 5.32 Å². The Morgan fingerprint density at radius 3 is 2.29 bits per heavy atom. The van der Waals surface area contributed by atoms with E-state index in [1.165, 1.54) is 11.1 Å². The van der Waals surface area contributed by atoms with Gasteiger partial charge in [0.1, 0.15) is 6.61 Å². The quantitative estimate of drug-likeness (QED) is 0.682. The van der Waals surface area contributed by atoms with Crippen molar-refractivity contribution in [2.45, 2.75) is 26.2 Å². The molecule has 0 aromatic heterocycles. The summed E-state index contributed by atoms with van der Waals surface area (Å²) in [5.74, 6) is -1.04. The van der Waals surface area contributed by atoms with Crippen molar-refractivity contribution in [1.29, 1.82) is 0 Å². The predicted octanol–water partition coefficient (Wildman–Crippen LogP) is 3.73. The Morgan fingerprint density at radius 2 is 1.71 bits per heavy atom. The van der Waals surface area contributed by atoms with Gasteiger partial charge in [-0.15, -0.1) is 0 Å². The molecule has 2 N–H and O–H groups in total. The molecule has 7 heteroatoms. The Hall–Kier alpha value is -3.35. The molecule has 2 amide bonds. The number of fused-ring (bicyclic) bond motifs is 3. The highest BCUT2D eigenvalue weighted by molar-refractivity contribution is 5.84. The lowest BCUT2D eigenvalue weighted by molar-refractivity contribution is -0.149. The van der Waals surface area contributed by atoms with Crippen LogP contribution in [0.3, 0.4) is 0 Å². The van der Waals surface area contributed by atoms with Crippen LogP contribution in [-0.4, -0.2) is 54.2 Å². The number of carboxylic acid groups (broad SMARTS) is 1. The molecule has 34 heavy (non-hydrogen) atoms. The summed E-state index contributed by atoms with van der Waals surface area (Å²) in [6.07, 6.45) is 0.227. The third-order valence-corrected chi connectivity index (χ3v) is 7.99. The molecule has 0 bridgehead atoms. The number of carboxylic acids is 1. The van der Waals surface area contributed by atoms with Gasteiger partial charge in [-0.3, -0.25) is 9.59 Å². The number of likely N-dealkylation sites (tertiary alicyclic amines) is 1. The Kier molecular flexibility index (Phi) is 5.58. The Balaban J connectivity index is 1.11. The first-order valence-electron chi connectivity index (χ1n) is 11.9. The van der Waals surface area contributed by atoms with Crippen LogP contribution in [0.5, 0.6) is 0 Å². The lowest BCUT2D eigenvalue weighted by Gasteiger charge is -2.22. The fraction of sp³-hybridized carbons (Fsp3) is 0.444. The van der Waals surface area contributed by atoms with Gasteiger partial charge in [-0.1, -0.05) is 55.5 Å². The molecule has 178 valence electrons. The SMILES string of the molecule is C[C@@H]1CN(C(=O)[C@@H]2C[C@@H]2CNC(=O)OCC2c3ccccc3-c3ccccc32)C[C@@]1(C)C(=O)O. The summed E-state index contributed by atoms with van der Waals surface area (Å²) in [5.41, 5.74) is 3.79. The van der Waals surface area contributed by atoms with E-state index in [1.54, 1.807) is 11.8 Å². The first kappa shape index (κ1) is 22.4. The second-order valence-electron chi connectivity index (χ2n) is 10.2. The molecule has 7 nitrogen and oxygen atoms in total. The van der Waals surface area contributed by atoms with Crippen molar-refractivity contribution < 1.29 is 24.2 Å². The average Bonchev–Trinajstić information content (AvgIpc) is 3.45. The number of carbonyl (C=O) groups excluding carboxylic acids is 2. The van der Waals surface area contributed by atoms with Crippen molar-refractivity contribution in [1.82, 2.24) is 10.2 Å². The van der Waals surface area contributed by atoms with Gasteiger partial charge in [0.15, 0.2) is 0 Å². The van der Waals surface area contributed by atoms with Gasteiger partial charge in [-0.05, 0) is 47.4 Å². The number of rotatable bonds is 6. The van der Waals surface area contributed by atoms with Crippen molar-refractivity contribution in [3.8, 4) is 11.1 Å². The Morgan fingerprint density at radius 1 is 1.09 bits per heavy atom. The highest BCUT2D eigenvalue weighted by atomic mass is 16.5. The van der Waals surface area contributed by atoms with E-state index >= 15 is 0 Å². The minimum Gasteiger partial charge on any atom is -0.481 e. The maximum atomic E-state index is 12.8. The molecule has 0 unspecified atom stereocenters. The zero-order chi connectivity index (χ0) is 24.0. The lowest BCUT2D eigenvalue weighted by Crippen LogP contribution is -2.37. The summed E-state index contributed by atoms with van der Waals surface area (Å²) >= 11 is 0. The molecule has 0 radical (unpaired) electrons. The molecular formula is C27H30N2O5. The Labute approximate surface area is 199 Å². The molecule has 1 saturated heterocycles. The van der Waals surface area contributed by atoms with E-state index in [2.05, 4.69) is 29.6 Å². The van der Waals surface area contributed by atoms with E-state index in [9.17, 15) is 19.5 Å². The molecule has 2 aromatic rings. The van der Waals surface area contributed by atoms with Gasteiger partial charge in [0, 0.05) is 31.5 Å². The molecule has 1 aliphatic heterocycles. The number of alkyl carbamates (subject to hydrolysis) is 1. The van der Waals surface area contributed by atoms with Gasteiger partial charge in [0.25, 0.3) is 0 Å². The molecule has 1 heterocycles. The van der Waals surface area contributed by atoms with Crippen LogP contribution >= 0.6 is 0 Å². The van der Waals surface area contributed by atoms with E-state index in [0.717, 1.165) is 11.1 Å². The van der Waals surface area contributed by atoms with Crippen LogP contribution in [-0.2, 0) is 14.3 Å². The van der Waals surface area contributed by atoms with E-state index in [-0.39, 0.29) is 42.7 Å². The van der Waals surface area contributed by atoms with E-state index in [4.69, 9.17) is 4.74 Å². The summed E-state index contributed by atoms with van der Waals surface area (Å²) in [4.78, 5) is 38.5. The van der Waals surface area contributed by atoms with Crippen molar-refractivity contribution >= 4 is 18.0 Å². The van der Waals surface area contributed by atoms with Gasteiger partial charge >= 0.3 is 12.1 Å². The zero-order valence-corrected chi connectivity index (χ0v) is 19.5. The maximum Gasteiger partial charge on any atom is 0.407 e. The van der Waals surface area contributed by atoms with Gasteiger partial charge in [-0.2, -0.15) is 0 Å². The van der Waals surface area contributed by atoms with Crippen molar-refractivity contribution in [3.63, 3.8) is 0 Å². The number of nitrogens with zero attached hydrogens (tertiary/aromatic N) is 1. The summed E-state index contributed by atoms with van der Waals surface area (Å²) < 4.78 is 5.57. The first-order chi connectivity index (χ1) is 16.3. The predicted molar refractivity (Wildman–Crippen MR) is 126 cm³/mol. The normalized spacial score (nSPS) is 27.1. The van der Waals surface area contributed by atoms with Crippen LogP contribution in [0.4, 0.5) is 4.79 Å². The fourth-order valence-corrected chi connectivity index (χ4v) is 5.47. The number of nitrogens with one attached hydrogen (secondary N) is 1. The van der Waals surface area contributed by atoms with Crippen molar-refractivity contribution in [3.05, 3.63) is 59.7 Å². The third kappa shape index (κ3) is 3.83. The number of benzene rings is 2. The number of ether oxygens (including phenoxy) is 1. The monoisotopic (exact) mass is 462 g/mol. The second-order valence-corrected chi connectivity index (χ2v) is 10.2. The summed E-state index contributed by atoms with van der Waals surface area (Å²) in [7, 11) is 0. The van der Waals surface area contributed by atoms with Crippen molar-refractivity contribution in [2.75, 3.05) is 26.2 Å². The highest BCUT2D eigenvalue weighted by Gasteiger charge is 2.52.